The van der Waals surface area contributed by atoms with Gasteiger partial charge in [0.2, 0.25) is 0 Å². The van der Waals surface area contributed by atoms with Crippen molar-refractivity contribution >= 4 is 15.9 Å². The maximum Gasteiger partial charge on any atom is 0.251 e. The van der Waals surface area contributed by atoms with Crippen LogP contribution in [-0.4, -0.2) is 4.57 Å². The van der Waals surface area contributed by atoms with E-state index in [4.69, 9.17) is 0 Å². The van der Waals surface area contributed by atoms with Crippen LogP contribution in [0.1, 0.15) is 37.3 Å². The average Bonchev–Trinajstić information content (AvgIpc) is 2.21. The lowest BCUT2D eigenvalue weighted by Crippen LogP contribution is -2.35. The Balaban J connectivity index is 2.17. The Hall–Kier alpha value is -0.570. The molecule has 3 rings (SSSR count). The molecule has 1 aromatic heterocycles. The molecule has 15 heavy (non-hydrogen) atoms. The van der Waals surface area contributed by atoms with Crippen LogP contribution in [0.2, 0.25) is 0 Å². The van der Waals surface area contributed by atoms with Gasteiger partial charge in [-0.3, -0.25) is 4.79 Å². The zero-order chi connectivity index (χ0) is 10.4. The Morgan fingerprint density at radius 2 is 2.20 bits per heavy atom. The summed E-state index contributed by atoms with van der Waals surface area (Å²) in [4.78, 5) is 11.8. The molecule has 1 unspecified atom stereocenters. The van der Waals surface area contributed by atoms with Gasteiger partial charge < -0.3 is 4.57 Å². The zero-order valence-corrected chi connectivity index (χ0v) is 10.2. The molecule has 1 saturated carbocycles. The second-order valence-corrected chi connectivity index (χ2v) is 5.69. The van der Waals surface area contributed by atoms with Gasteiger partial charge >= 0.3 is 0 Å². The normalized spacial score (nSPS) is 28.6. The highest BCUT2D eigenvalue weighted by Crippen LogP contribution is 2.40. The average molecular weight is 268 g/mol. The first kappa shape index (κ1) is 9.64. The Kier molecular flexibility index (Phi) is 2.23. The molecule has 3 heteroatoms. The summed E-state index contributed by atoms with van der Waals surface area (Å²) in [5, 5.41) is 0. The molecule has 1 aromatic rings. The lowest BCUT2D eigenvalue weighted by atomic mass is 9.77. The molecule has 0 aromatic carbocycles. The molecule has 2 atom stereocenters. The molecule has 2 nitrogen and oxygen atoms in total. The van der Waals surface area contributed by atoms with Crippen LogP contribution < -0.4 is 5.56 Å². The molecule has 2 aliphatic rings. The van der Waals surface area contributed by atoms with Crippen molar-refractivity contribution in [2.24, 2.45) is 5.92 Å². The van der Waals surface area contributed by atoms with Gasteiger partial charge in [-0.15, -0.1) is 0 Å². The Morgan fingerprint density at radius 3 is 3.07 bits per heavy atom. The van der Waals surface area contributed by atoms with Crippen molar-refractivity contribution in [1.29, 1.82) is 0 Å². The summed E-state index contributed by atoms with van der Waals surface area (Å²) in [5.41, 5.74) is 1.42. The van der Waals surface area contributed by atoms with Gasteiger partial charge in [-0.25, -0.2) is 0 Å². The Bertz CT molecular complexity index is 451. The largest absolute Gasteiger partial charge is 0.312 e. The summed E-state index contributed by atoms with van der Waals surface area (Å²) in [7, 11) is 0. The highest BCUT2D eigenvalue weighted by Gasteiger charge is 2.30. The zero-order valence-electron chi connectivity index (χ0n) is 8.58. The summed E-state index contributed by atoms with van der Waals surface area (Å²) in [6.45, 7) is 0.942. The summed E-state index contributed by atoms with van der Waals surface area (Å²) in [6.07, 6.45) is 5.18. The molecule has 2 bridgehead atoms. The molecule has 0 radical (unpaired) electrons. The molecule has 0 N–H and O–H groups in total. The van der Waals surface area contributed by atoms with Gasteiger partial charge in [0.25, 0.3) is 5.56 Å². The molecule has 1 aliphatic heterocycles. The number of pyridine rings is 1. The fourth-order valence-electron chi connectivity index (χ4n) is 3.10. The molecule has 0 saturated heterocycles. The van der Waals surface area contributed by atoms with E-state index in [1.54, 1.807) is 6.07 Å². The lowest BCUT2D eigenvalue weighted by Gasteiger charge is -2.36. The van der Waals surface area contributed by atoms with Crippen molar-refractivity contribution in [2.75, 3.05) is 0 Å². The van der Waals surface area contributed by atoms with E-state index in [1.807, 2.05) is 4.57 Å². The number of rotatable bonds is 0. The van der Waals surface area contributed by atoms with E-state index in [0.717, 1.165) is 16.9 Å². The molecule has 0 spiro atoms. The molecule has 80 valence electrons. The number of hydrogen-bond donors (Lipinski definition) is 0. The summed E-state index contributed by atoms with van der Waals surface area (Å²) in [6, 6.07) is 3.82. The number of hydrogen-bond acceptors (Lipinski definition) is 1. The minimum atomic E-state index is 0.163. The van der Waals surface area contributed by atoms with Gasteiger partial charge in [-0.2, -0.15) is 0 Å². The van der Waals surface area contributed by atoms with Gasteiger partial charge in [0.1, 0.15) is 0 Å². The molecule has 0 amide bonds. The SMILES string of the molecule is O=c1cc(Br)cc2n1CC1CCC[C@@H]2C1. The van der Waals surface area contributed by atoms with Crippen LogP contribution in [0.5, 0.6) is 0 Å². The summed E-state index contributed by atoms with van der Waals surface area (Å²) >= 11 is 3.42. The first-order chi connectivity index (χ1) is 7.24. The lowest BCUT2D eigenvalue weighted by molar-refractivity contribution is 0.240. The van der Waals surface area contributed by atoms with Crippen molar-refractivity contribution in [3.63, 3.8) is 0 Å². The molecular formula is C12H14BrNO. The van der Waals surface area contributed by atoms with Crippen LogP contribution in [0.25, 0.3) is 0 Å². The first-order valence-electron chi connectivity index (χ1n) is 5.64. The third kappa shape index (κ3) is 1.57. The van der Waals surface area contributed by atoms with Crippen LogP contribution in [0, 0.1) is 5.92 Å². The van der Waals surface area contributed by atoms with E-state index < -0.39 is 0 Å². The van der Waals surface area contributed by atoms with E-state index in [-0.39, 0.29) is 5.56 Å². The molecule has 2 heterocycles. The Labute approximate surface area is 97.4 Å². The predicted octanol–water partition coefficient (Wildman–Crippen LogP) is 2.90. The van der Waals surface area contributed by atoms with Gasteiger partial charge in [-0.05, 0) is 37.2 Å². The first-order valence-corrected chi connectivity index (χ1v) is 6.43. The van der Waals surface area contributed by atoms with Gasteiger partial charge in [0.05, 0.1) is 0 Å². The Morgan fingerprint density at radius 1 is 1.33 bits per heavy atom. The van der Waals surface area contributed by atoms with Crippen molar-refractivity contribution in [3.8, 4) is 0 Å². The van der Waals surface area contributed by atoms with Crippen molar-refractivity contribution in [2.45, 2.75) is 38.1 Å². The topological polar surface area (TPSA) is 22.0 Å². The van der Waals surface area contributed by atoms with Crippen molar-refractivity contribution < 1.29 is 0 Å². The summed E-state index contributed by atoms with van der Waals surface area (Å²) in [5.74, 6) is 1.37. The fourth-order valence-corrected chi connectivity index (χ4v) is 3.53. The highest BCUT2D eigenvalue weighted by atomic mass is 79.9. The van der Waals surface area contributed by atoms with E-state index in [2.05, 4.69) is 22.0 Å². The van der Waals surface area contributed by atoms with Crippen LogP contribution in [-0.2, 0) is 6.54 Å². The van der Waals surface area contributed by atoms with Gasteiger partial charge in [-0.1, -0.05) is 22.4 Å². The monoisotopic (exact) mass is 267 g/mol. The van der Waals surface area contributed by atoms with E-state index in [1.165, 1.54) is 31.4 Å². The number of aromatic nitrogens is 1. The third-order valence-electron chi connectivity index (χ3n) is 3.77. The van der Waals surface area contributed by atoms with Gasteiger partial charge in [0, 0.05) is 22.8 Å². The quantitative estimate of drug-likeness (QED) is 0.709. The molecular weight excluding hydrogens is 254 g/mol. The molecule has 1 fully saturated rings. The van der Waals surface area contributed by atoms with Crippen LogP contribution in [0.3, 0.4) is 0 Å². The highest BCUT2D eigenvalue weighted by molar-refractivity contribution is 9.10. The van der Waals surface area contributed by atoms with Crippen molar-refractivity contribution in [3.05, 3.63) is 32.7 Å². The van der Waals surface area contributed by atoms with Crippen molar-refractivity contribution in [1.82, 2.24) is 4.57 Å². The van der Waals surface area contributed by atoms with Crippen LogP contribution in [0.4, 0.5) is 0 Å². The van der Waals surface area contributed by atoms with E-state index in [9.17, 15) is 4.79 Å². The minimum absolute atomic E-state index is 0.163. The number of fused-ring (bicyclic) bond motifs is 4. The number of halogens is 1. The molecule has 1 aliphatic carbocycles. The van der Waals surface area contributed by atoms with Crippen LogP contribution >= 0.6 is 15.9 Å². The summed E-state index contributed by atoms with van der Waals surface area (Å²) < 4.78 is 2.92. The van der Waals surface area contributed by atoms with Gasteiger partial charge in [0.15, 0.2) is 0 Å². The standard InChI is InChI=1S/C12H14BrNO/c13-10-5-11-9-3-1-2-8(4-9)7-14(11)12(15)6-10/h5-6,8-9H,1-4,7H2/t8?,9-/m1/s1. The second kappa shape index (κ2) is 3.48. The minimum Gasteiger partial charge on any atom is -0.312 e. The number of nitrogens with zero attached hydrogens (tertiary/aromatic N) is 1. The second-order valence-electron chi connectivity index (χ2n) is 4.78. The third-order valence-corrected chi connectivity index (χ3v) is 4.22. The maximum absolute atomic E-state index is 11.8. The predicted molar refractivity (Wildman–Crippen MR) is 63.1 cm³/mol. The smallest absolute Gasteiger partial charge is 0.251 e. The van der Waals surface area contributed by atoms with E-state index in [0.29, 0.717) is 5.92 Å². The van der Waals surface area contributed by atoms with Crippen LogP contribution in [0.15, 0.2) is 21.4 Å². The maximum atomic E-state index is 11.8. The fraction of sp³-hybridized carbons (Fsp3) is 0.583. The van der Waals surface area contributed by atoms with E-state index >= 15 is 0 Å².